The van der Waals surface area contributed by atoms with Crippen molar-refractivity contribution in [2.24, 2.45) is 0 Å². The van der Waals surface area contributed by atoms with E-state index in [1.807, 2.05) is 0 Å². The van der Waals surface area contributed by atoms with Crippen LogP contribution in [0.2, 0.25) is 8.87 Å². The molecule has 0 spiro atoms. The van der Waals surface area contributed by atoms with Crippen LogP contribution < -0.4 is 0 Å². The molecule has 0 atom stereocenters. The molecule has 5 heteroatoms. The van der Waals surface area contributed by atoms with E-state index in [4.69, 9.17) is 9.47 Å². The molecule has 0 aliphatic rings. The van der Waals surface area contributed by atoms with E-state index in [0.717, 1.165) is 37.8 Å². The molecular formula is C26H50O4Sn. The number of hydrogen-bond donors (Lipinski definition) is 0. The van der Waals surface area contributed by atoms with Crippen molar-refractivity contribution >= 4 is 33.1 Å². The van der Waals surface area contributed by atoms with Crippen LogP contribution in [0.1, 0.15) is 118 Å². The Morgan fingerprint density at radius 1 is 0.548 bits per heavy atom. The van der Waals surface area contributed by atoms with Gasteiger partial charge in [-0.25, -0.2) is 9.59 Å². The van der Waals surface area contributed by atoms with Gasteiger partial charge in [0.15, 0.2) is 0 Å². The van der Waals surface area contributed by atoms with Gasteiger partial charge in [-0.3, -0.25) is 0 Å². The van der Waals surface area contributed by atoms with Gasteiger partial charge in [0, 0.05) is 12.2 Å². The molecule has 2 radical (unpaired) electrons. The maximum atomic E-state index is 11.4. The van der Waals surface area contributed by atoms with Crippen molar-refractivity contribution in [2.75, 3.05) is 13.2 Å². The predicted molar refractivity (Wildman–Crippen MR) is 134 cm³/mol. The minimum atomic E-state index is -0.476. The van der Waals surface area contributed by atoms with Crippen molar-refractivity contribution in [3.05, 3.63) is 12.2 Å². The molecule has 0 rings (SSSR count). The van der Waals surface area contributed by atoms with Gasteiger partial charge < -0.3 is 9.47 Å². The van der Waals surface area contributed by atoms with Gasteiger partial charge >= 0.3 is 81.5 Å². The zero-order chi connectivity index (χ0) is 23.4. The molecule has 0 saturated heterocycles. The number of unbranched alkanes of at least 4 members (excludes halogenated alkanes) is 10. The number of ether oxygens (including phenoxy) is 2. The first-order chi connectivity index (χ1) is 15.1. The van der Waals surface area contributed by atoms with E-state index in [2.05, 4.69) is 27.7 Å². The summed E-state index contributed by atoms with van der Waals surface area (Å²) in [6, 6.07) is 0. The first-order valence-electron chi connectivity index (χ1n) is 12.8. The summed E-state index contributed by atoms with van der Waals surface area (Å²) >= 11 is 0.149. The van der Waals surface area contributed by atoms with Crippen LogP contribution in [0, 0.1) is 0 Å². The Bertz CT molecular complexity index is 374. The first kappa shape index (κ1) is 32.7. The SMILES string of the molecule is CCCCCCCOC(=O)/C=C\C(=O)OCCCCCCC.CCC[CH2][Sn][CH2]CCC. The molecule has 0 aromatic rings. The van der Waals surface area contributed by atoms with Gasteiger partial charge in [0.1, 0.15) is 0 Å². The molecule has 0 bridgehead atoms. The van der Waals surface area contributed by atoms with E-state index in [-0.39, 0.29) is 21.1 Å². The zero-order valence-corrected chi connectivity index (χ0v) is 23.9. The van der Waals surface area contributed by atoms with E-state index in [0.29, 0.717) is 13.2 Å². The summed E-state index contributed by atoms with van der Waals surface area (Å²) in [6.07, 6.45) is 19.2. The molecule has 0 aliphatic heterocycles. The van der Waals surface area contributed by atoms with Gasteiger partial charge in [-0.05, 0) is 12.8 Å². The molecule has 4 nitrogen and oxygen atoms in total. The summed E-state index contributed by atoms with van der Waals surface area (Å²) in [5.41, 5.74) is 0. The van der Waals surface area contributed by atoms with Gasteiger partial charge in [0.2, 0.25) is 0 Å². The average Bonchev–Trinajstić information content (AvgIpc) is 2.77. The van der Waals surface area contributed by atoms with Crippen molar-refractivity contribution in [2.45, 2.75) is 126 Å². The molecule has 0 aliphatic carbocycles. The molecule has 0 saturated carbocycles. The Kier molecular flexibility index (Phi) is 31.1. The van der Waals surface area contributed by atoms with Crippen molar-refractivity contribution in [3.8, 4) is 0 Å². The normalized spacial score (nSPS) is 10.6. The van der Waals surface area contributed by atoms with Gasteiger partial charge in [0.25, 0.3) is 0 Å². The second-order valence-electron chi connectivity index (χ2n) is 7.95. The van der Waals surface area contributed by atoms with Gasteiger partial charge in [0.05, 0.1) is 13.2 Å². The van der Waals surface area contributed by atoms with E-state index < -0.39 is 11.9 Å². The van der Waals surface area contributed by atoms with Crippen LogP contribution in [0.15, 0.2) is 12.2 Å². The Morgan fingerprint density at radius 2 is 0.903 bits per heavy atom. The summed E-state index contributed by atoms with van der Waals surface area (Å²) in [6.45, 7) is 9.74. The van der Waals surface area contributed by atoms with Gasteiger partial charge in [-0.2, -0.15) is 0 Å². The number of carbonyl (C=O) groups is 2. The third-order valence-corrected chi connectivity index (χ3v) is 8.79. The Balaban J connectivity index is 0. The monoisotopic (exact) mass is 546 g/mol. The fourth-order valence-electron chi connectivity index (χ4n) is 2.72. The quantitative estimate of drug-likeness (QED) is 0.0681. The van der Waals surface area contributed by atoms with Crippen LogP contribution in [0.3, 0.4) is 0 Å². The van der Waals surface area contributed by atoms with Gasteiger partial charge in [-0.1, -0.05) is 65.2 Å². The molecule has 31 heavy (non-hydrogen) atoms. The molecule has 182 valence electrons. The predicted octanol–water partition coefficient (Wildman–Crippen LogP) is 7.70. The topological polar surface area (TPSA) is 52.6 Å². The number of hydrogen-bond acceptors (Lipinski definition) is 4. The number of rotatable bonds is 20. The summed E-state index contributed by atoms with van der Waals surface area (Å²) in [5, 5.41) is 0. The van der Waals surface area contributed by atoms with Crippen molar-refractivity contribution in [1.29, 1.82) is 0 Å². The standard InChI is InChI=1S/C18H32O4.2C4H9.Sn/c1-3-5-7-9-11-15-21-17(19)13-14-18(20)22-16-12-10-8-6-4-2;2*1-3-4-2;/h13-14H,3-12,15-16H2,1-2H3;2*1,3-4H2,2H3;/b14-13-;;;. The summed E-state index contributed by atoms with van der Waals surface area (Å²) < 4.78 is 13.3. The molecule has 0 heterocycles. The van der Waals surface area contributed by atoms with Crippen LogP contribution in [0.4, 0.5) is 0 Å². The third-order valence-electron chi connectivity index (χ3n) is 4.75. The summed E-state index contributed by atoms with van der Waals surface area (Å²) in [5.74, 6) is -0.953. The molecule has 0 fully saturated rings. The molecule has 0 aromatic carbocycles. The number of esters is 2. The zero-order valence-electron chi connectivity index (χ0n) is 21.0. The van der Waals surface area contributed by atoms with E-state index >= 15 is 0 Å². The molecule has 0 amide bonds. The van der Waals surface area contributed by atoms with Crippen LogP contribution in [0.5, 0.6) is 0 Å². The van der Waals surface area contributed by atoms with E-state index in [1.54, 1.807) is 8.87 Å². The molecule has 0 N–H and O–H groups in total. The first-order valence-corrected chi connectivity index (χ1v) is 16.9. The molecule has 0 unspecified atom stereocenters. The minimum absolute atomic E-state index is 0.149. The Hall–Kier alpha value is -0.521. The van der Waals surface area contributed by atoms with Crippen LogP contribution in [-0.4, -0.2) is 46.3 Å². The van der Waals surface area contributed by atoms with E-state index in [9.17, 15) is 9.59 Å². The van der Waals surface area contributed by atoms with Crippen LogP contribution >= 0.6 is 0 Å². The summed E-state index contributed by atoms with van der Waals surface area (Å²) in [7, 11) is 0. The van der Waals surface area contributed by atoms with Crippen LogP contribution in [0.25, 0.3) is 0 Å². The van der Waals surface area contributed by atoms with Crippen molar-refractivity contribution < 1.29 is 19.1 Å². The third kappa shape index (κ3) is 31.7. The van der Waals surface area contributed by atoms with Crippen molar-refractivity contribution in [3.63, 3.8) is 0 Å². The number of carbonyl (C=O) groups excluding carboxylic acids is 2. The van der Waals surface area contributed by atoms with Gasteiger partial charge in [-0.15, -0.1) is 0 Å². The molecule has 0 aromatic heterocycles. The molecular weight excluding hydrogens is 495 g/mol. The fourth-order valence-corrected chi connectivity index (χ4v) is 6.88. The second-order valence-corrected chi connectivity index (χ2v) is 12.2. The van der Waals surface area contributed by atoms with E-state index in [1.165, 1.54) is 64.2 Å². The second kappa shape index (κ2) is 29.5. The summed E-state index contributed by atoms with van der Waals surface area (Å²) in [4.78, 5) is 22.7. The fraction of sp³-hybridized carbons (Fsp3) is 0.846. The van der Waals surface area contributed by atoms with Crippen molar-refractivity contribution in [1.82, 2.24) is 0 Å². The Labute approximate surface area is 203 Å². The average molecular weight is 545 g/mol. The Morgan fingerprint density at radius 3 is 1.26 bits per heavy atom. The van der Waals surface area contributed by atoms with Crippen LogP contribution in [-0.2, 0) is 19.1 Å². The maximum absolute atomic E-state index is 11.4.